The van der Waals surface area contributed by atoms with E-state index in [0.29, 0.717) is 0 Å². The molecule has 0 aromatic carbocycles. The molecule has 0 N–H and O–H groups in total. The van der Waals surface area contributed by atoms with Crippen LogP contribution in [0.3, 0.4) is 0 Å². The molecule has 2 unspecified atom stereocenters. The lowest BCUT2D eigenvalue weighted by Gasteiger charge is -2.02. The molecule has 1 heterocycles. The van der Waals surface area contributed by atoms with Crippen molar-refractivity contribution >= 4 is 0 Å². The second-order valence-corrected chi connectivity index (χ2v) is 4.40. The molecule has 2 rings (SSSR count). The Balaban J connectivity index is 1.81. The quantitative estimate of drug-likeness (QED) is 0.449. The van der Waals surface area contributed by atoms with Crippen LogP contribution in [0, 0.1) is 0 Å². The Morgan fingerprint density at radius 2 is 1.83 bits per heavy atom. The first kappa shape index (κ1) is 8.31. The van der Waals surface area contributed by atoms with Crippen molar-refractivity contribution in [2.75, 3.05) is 6.54 Å². The number of rotatable bonds is 2. The Hall–Kier alpha value is -0.300. The molecule has 0 radical (unpaired) electrons. The Kier molecular flexibility index (Phi) is 2.22. The maximum Gasteiger partial charge on any atom is 0.0258 e. The molecule has 2 atom stereocenters. The maximum absolute atomic E-state index is 2.65. The van der Waals surface area contributed by atoms with Crippen molar-refractivity contribution in [1.82, 2.24) is 4.90 Å². The topological polar surface area (TPSA) is 3.01 Å². The first-order valence-electron chi connectivity index (χ1n) is 5.18. The second kappa shape index (κ2) is 3.21. The molecule has 2 fully saturated rings. The zero-order valence-corrected chi connectivity index (χ0v) is 8.21. The van der Waals surface area contributed by atoms with E-state index in [-0.39, 0.29) is 0 Å². The largest absolute Gasteiger partial charge is 0.291 e. The molecule has 1 aliphatic carbocycles. The van der Waals surface area contributed by atoms with Crippen molar-refractivity contribution in [3.8, 4) is 0 Å². The number of nitrogens with zero attached hydrogens (tertiary/aromatic N) is 1. The molecule has 1 nitrogen and oxygen atoms in total. The van der Waals surface area contributed by atoms with Crippen LogP contribution in [0.2, 0.25) is 0 Å². The van der Waals surface area contributed by atoms with E-state index in [4.69, 9.17) is 0 Å². The number of fused-ring (bicyclic) bond motifs is 1. The molecule has 1 aliphatic heterocycles. The van der Waals surface area contributed by atoms with Gasteiger partial charge >= 0.3 is 0 Å². The highest BCUT2D eigenvalue weighted by Gasteiger charge is 2.46. The molecule has 1 saturated heterocycles. The highest BCUT2D eigenvalue weighted by molar-refractivity contribution is 5.08. The van der Waals surface area contributed by atoms with Crippen LogP contribution in [0.25, 0.3) is 0 Å². The first-order valence-corrected chi connectivity index (χ1v) is 5.18. The number of allylic oxidation sites excluding steroid dienone is 1. The van der Waals surface area contributed by atoms with Gasteiger partial charge in [-0.25, -0.2) is 0 Å². The van der Waals surface area contributed by atoms with Crippen LogP contribution >= 0.6 is 0 Å². The SMILES string of the molecule is CC(C)=CCN1C2CCCCC21. The van der Waals surface area contributed by atoms with Gasteiger partial charge in [0, 0.05) is 18.6 Å². The second-order valence-electron chi connectivity index (χ2n) is 4.40. The van der Waals surface area contributed by atoms with Crippen molar-refractivity contribution in [1.29, 1.82) is 0 Å². The van der Waals surface area contributed by atoms with Gasteiger partial charge < -0.3 is 0 Å². The van der Waals surface area contributed by atoms with E-state index in [2.05, 4.69) is 24.8 Å². The van der Waals surface area contributed by atoms with Gasteiger partial charge in [0.2, 0.25) is 0 Å². The number of likely N-dealkylation sites (tertiary alicyclic amines) is 1. The van der Waals surface area contributed by atoms with E-state index in [0.717, 1.165) is 12.1 Å². The minimum Gasteiger partial charge on any atom is -0.291 e. The summed E-state index contributed by atoms with van der Waals surface area (Å²) in [6, 6.07) is 1.93. The van der Waals surface area contributed by atoms with Gasteiger partial charge in [-0.05, 0) is 26.7 Å². The summed E-state index contributed by atoms with van der Waals surface area (Å²) >= 11 is 0. The van der Waals surface area contributed by atoms with E-state index >= 15 is 0 Å². The van der Waals surface area contributed by atoms with Crippen LogP contribution in [0.15, 0.2) is 11.6 Å². The molecule has 1 heteroatoms. The highest BCUT2D eigenvalue weighted by atomic mass is 15.3. The summed E-state index contributed by atoms with van der Waals surface area (Å²) in [6.07, 6.45) is 8.21. The Morgan fingerprint density at radius 3 is 2.33 bits per heavy atom. The minimum atomic E-state index is 0.967. The fourth-order valence-electron chi connectivity index (χ4n) is 2.37. The molecule has 0 amide bonds. The molecule has 0 spiro atoms. The van der Waals surface area contributed by atoms with E-state index in [1.54, 1.807) is 0 Å². The van der Waals surface area contributed by atoms with E-state index < -0.39 is 0 Å². The van der Waals surface area contributed by atoms with Gasteiger partial charge in [0.25, 0.3) is 0 Å². The lowest BCUT2D eigenvalue weighted by Crippen LogP contribution is -2.01. The zero-order chi connectivity index (χ0) is 8.55. The summed E-state index contributed by atoms with van der Waals surface area (Å²) < 4.78 is 0. The molecular formula is C11H19N. The summed E-state index contributed by atoms with van der Waals surface area (Å²) in [6.45, 7) is 5.58. The number of hydrogen-bond donors (Lipinski definition) is 0. The third-order valence-electron chi connectivity index (χ3n) is 3.17. The molecule has 1 saturated carbocycles. The van der Waals surface area contributed by atoms with Gasteiger partial charge in [-0.1, -0.05) is 24.5 Å². The van der Waals surface area contributed by atoms with Crippen molar-refractivity contribution < 1.29 is 0 Å². The summed E-state index contributed by atoms with van der Waals surface area (Å²) in [4.78, 5) is 2.65. The summed E-state index contributed by atoms with van der Waals surface area (Å²) in [5.41, 5.74) is 1.46. The normalized spacial score (nSPS) is 38.7. The van der Waals surface area contributed by atoms with Crippen LogP contribution in [-0.4, -0.2) is 23.5 Å². The van der Waals surface area contributed by atoms with Gasteiger partial charge in [0.15, 0.2) is 0 Å². The van der Waals surface area contributed by atoms with Gasteiger partial charge in [-0.15, -0.1) is 0 Å². The van der Waals surface area contributed by atoms with Gasteiger partial charge in [-0.3, -0.25) is 4.90 Å². The molecular weight excluding hydrogens is 146 g/mol. The van der Waals surface area contributed by atoms with Crippen LogP contribution in [-0.2, 0) is 0 Å². The van der Waals surface area contributed by atoms with Crippen molar-refractivity contribution in [3.05, 3.63) is 11.6 Å². The molecule has 12 heavy (non-hydrogen) atoms. The summed E-state index contributed by atoms with van der Waals surface area (Å²) in [5, 5.41) is 0. The van der Waals surface area contributed by atoms with Gasteiger partial charge in [-0.2, -0.15) is 0 Å². The third-order valence-corrected chi connectivity index (χ3v) is 3.17. The molecule has 68 valence electrons. The van der Waals surface area contributed by atoms with Crippen molar-refractivity contribution in [2.24, 2.45) is 0 Å². The predicted molar refractivity (Wildman–Crippen MR) is 52.2 cm³/mol. The molecule has 2 aliphatic rings. The van der Waals surface area contributed by atoms with Crippen LogP contribution in [0.1, 0.15) is 39.5 Å². The summed E-state index contributed by atoms with van der Waals surface area (Å²) in [7, 11) is 0. The average Bonchev–Trinajstić information content (AvgIpc) is 2.74. The Labute approximate surface area is 75.4 Å². The average molecular weight is 165 g/mol. The Morgan fingerprint density at radius 1 is 1.25 bits per heavy atom. The van der Waals surface area contributed by atoms with Crippen LogP contribution in [0.5, 0.6) is 0 Å². The van der Waals surface area contributed by atoms with Crippen LogP contribution in [0.4, 0.5) is 0 Å². The van der Waals surface area contributed by atoms with E-state index in [9.17, 15) is 0 Å². The predicted octanol–water partition coefficient (Wildman–Crippen LogP) is 2.58. The van der Waals surface area contributed by atoms with E-state index in [1.807, 2.05) is 0 Å². The standard InChI is InChI=1S/C11H19N/c1-9(2)7-8-12-10-5-3-4-6-11(10)12/h7,10-11H,3-6,8H2,1-2H3. The number of hydrogen-bond acceptors (Lipinski definition) is 1. The smallest absolute Gasteiger partial charge is 0.0258 e. The lowest BCUT2D eigenvalue weighted by molar-refractivity contribution is 0.530. The fraction of sp³-hybridized carbons (Fsp3) is 0.818. The minimum absolute atomic E-state index is 0.967. The molecule has 0 aromatic heterocycles. The van der Waals surface area contributed by atoms with E-state index in [1.165, 1.54) is 37.8 Å². The van der Waals surface area contributed by atoms with Gasteiger partial charge in [0.1, 0.15) is 0 Å². The van der Waals surface area contributed by atoms with Crippen molar-refractivity contribution in [2.45, 2.75) is 51.6 Å². The molecule has 0 aromatic rings. The van der Waals surface area contributed by atoms with Gasteiger partial charge in [0.05, 0.1) is 0 Å². The Bertz CT molecular complexity index is 179. The first-order chi connectivity index (χ1) is 5.79. The summed E-state index contributed by atoms with van der Waals surface area (Å²) in [5.74, 6) is 0. The monoisotopic (exact) mass is 165 g/mol. The molecule has 0 bridgehead atoms. The zero-order valence-electron chi connectivity index (χ0n) is 8.21. The fourth-order valence-corrected chi connectivity index (χ4v) is 2.37. The third kappa shape index (κ3) is 1.56. The highest BCUT2D eigenvalue weighted by Crippen LogP contribution is 2.39. The van der Waals surface area contributed by atoms with Crippen molar-refractivity contribution in [3.63, 3.8) is 0 Å². The lowest BCUT2D eigenvalue weighted by atomic mass is 10.0. The maximum atomic E-state index is 2.65. The van der Waals surface area contributed by atoms with Crippen LogP contribution < -0.4 is 0 Å².